The highest BCUT2D eigenvalue weighted by Gasteiger charge is 2.13. The molecular formula is C25H26BrNO4. The van der Waals surface area contributed by atoms with Crippen LogP contribution in [-0.2, 0) is 17.9 Å². The second-order valence-electron chi connectivity index (χ2n) is 6.74. The molecule has 0 bridgehead atoms. The van der Waals surface area contributed by atoms with E-state index in [9.17, 15) is 4.79 Å². The predicted octanol–water partition coefficient (Wildman–Crippen LogP) is 6.22. The van der Waals surface area contributed by atoms with Crippen molar-refractivity contribution in [1.82, 2.24) is 0 Å². The number of nitrogens with one attached hydrogen (secondary N) is 1. The molecule has 0 heterocycles. The van der Waals surface area contributed by atoms with E-state index in [1.807, 2.05) is 61.5 Å². The first kappa shape index (κ1) is 22.7. The Kier molecular flexibility index (Phi) is 8.35. The Bertz CT molecular complexity index is 1010. The number of carbonyl (C=O) groups excluding carboxylic acids is 1. The van der Waals surface area contributed by atoms with Crippen LogP contribution in [0.3, 0.4) is 0 Å². The molecule has 0 atom stereocenters. The third-order valence-electron chi connectivity index (χ3n) is 4.52. The molecule has 0 amide bonds. The van der Waals surface area contributed by atoms with Gasteiger partial charge in [0.05, 0.1) is 24.5 Å². The first-order valence-electron chi connectivity index (χ1n) is 10.2. The lowest BCUT2D eigenvalue weighted by Gasteiger charge is -2.16. The highest BCUT2D eigenvalue weighted by atomic mass is 79.9. The van der Waals surface area contributed by atoms with E-state index in [0.29, 0.717) is 37.7 Å². The predicted molar refractivity (Wildman–Crippen MR) is 126 cm³/mol. The fourth-order valence-electron chi connectivity index (χ4n) is 3.04. The summed E-state index contributed by atoms with van der Waals surface area (Å²) in [5.41, 5.74) is 3.37. The smallest absolute Gasteiger partial charge is 0.338 e. The average molecular weight is 484 g/mol. The van der Waals surface area contributed by atoms with Crippen LogP contribution in [-0.4, -0.2) is 19.2 Å². The number of rotatable bonds is 10. The number of benzene rings is 3. The van der Waals surface area contributed by atoms with Gasteiger partial charge in [0.2, 0.25) is 0 Å². The summed E-state index contributed by atoms with van der Waals surface area (Å²) < 4.78 is 17.9. The van der Waals surface area contributed by atoms with Crippen LogP contribution in [0.2, 0.25) is 0 Å². The standard InChI is InChI=1S/C25H26BrNO4/c1-3-29-24-15-19(25(28)30-4-2)10-12-22(24)27-16-20-14-21(26)11-13-23(20)31-17-18-8-6-5-7-9-18/h5-15,27H,3-4,16-17H2,1-2H3. The Morgan fingerprint density at radius 1 is 0.903 bits per heavy atom. The third-order valence-corrected chi connectivity index (χ3v) is 5.01. The molecule has 0 saturated heterocycles. The minimum atomic E-state index is -0.362. The number of halogens is 1. The average Bonchev–Trinajstić information content (AvgIpc) is 2.78. The van der Waals surface area contributed by atoms with Crippen molar-refractivity contribution in [3.63, 3.8) is 0 Å². The maximum atomic E-state index is 12.0. The van der Waals surface area contributed by atoms with Crippen molar-refractivity contribution in [2.75, 3.05) is 18.5 Å². The zero-order valence-electron chi connectivity index (χ0n) is 17.7. The molecule has 6 heteroatoms. The second kappa shape index (κ2) is 11.4. The summed E-state index contributed by atoms with van der Waals surface area (Å²) in [4.78, 5) is 12.0. The van der Waals surface area contributed by atoms with E-state index in [1.54, 1.807) is 19.1 Å². The van der Waals surface area contributed by atoms with Crippen LogP contribution < -0.4 is 14.8 Å². The monoisotopic (exact) mass is 483 g/mol. The summed E-state index contributed by atoms with van der Waals surface area (Å²) in [7, 11) is 0. The molecule has 0 spiro atoms. The van der Waals surface area contributed by atoms with Gasteiger partial charge in [0.15, 0.2) is 0 Å². The van der Waals surface area contributed by atoms with E-state index in [2.05, 4.69) is 21.2 Å². The van der Waals surface area contributed by atoms with Gasteiger partial charge in [-0.2, -0.15) is 0 Å². The Morgan fingerprint density at radius 2 is 1.71 bits per heavy atom. The number of carbonyl (C=O) groups is 1. The zero-order chi connectivity index (χ0) is 22.1. The molecule has 0 unspecified atom stereocenters. The van der Waals surface area contributed by atoms with Crippen LogP contribution in [0.15, 0.2) is 71.2 Å². The first-order chi connectivity index (χ1) is 15.1. The topological polar surface area (TPSA) is 56.8 Å². The van der Waals surface area contributed by atoms with Crippen molar-refractivity contribution < 1.29 is 19.0 Å². The first-order valence-corrected chi connectivity index (χ1v) is 11.0. The van der Waals surface area contributed by atoms with Crippen molar-refractivity contribution in [3.8, 4) is 11.5 Å². The summed E-state index contributed by atoms with van der Waals surface area (Å²) in [5.74, 6) is 1.05. The van der Waals surface area contributed by atoms with Gasteiger partial charge in [-0.15, -0.1) is 0 Å². The number of hydrogen-bond donors (Lipinski definition) is 1. The highest BCUT2D eigenvalue weighted by Crippen LogP contribution is 2.29. The van der Waals surface area contributed by atoms with Gasteiger partial charge in [-0.3, -0.25) is 0 Å². The van der Waals surface area contributed by atoms with Crippen molar-refractivity contribution in [2.24, 2.45) is 0 Å². The van der Waals surface area contributed by atoms with Crippen molar-refractivity contribution in [1.29, 1.82) is 0 Å². The van der Waals surface area contributed by atoms with E-state index >= 15 is 0 Å². The van der Waals surface area contributed by atoms with Crippen LogP contribution in [0.5, 0.6) is 11.5 Å². The molecule has 31 heavy (non-hydrogen) atoms. The van der Waals surface area contributed by atoms with Gasteiger partial charge in [-0.25, -0.2) is 4.79 Å². The molecule has 0 aliphatic rings. The molecule has 0 fully saturated rings. The van der Waals surface area contributed by atoms with Gasteiger partial charge in [0.1, 0.15) is 18.1 Å². The van der Waals surface area contributed by atoms with Crippen molar-refractivity contribution >= 4 is 27.6 Å². The van der Waals surface area contributed by atoms with E-state index in [-0.39, 0.29) is 5.97 Å². The Hall–Kier alpha value is -2.99. The lowest BCUT2D eigenvalue weighted by atomic mass is 10.1. The largest absolute Gasteiger partial charge is 0.492 e. The summed E-state index contributed by atoms with van der Waals surface area (Å²) >= 11 is 3.54. The Morgan fingerprint density at radius 3 is 2.45 bits per heavy atom. The number of hydrogen-bond acceptors (Lipinski definition) is 5. The molecule has 0 radical (unpaired) electrons. The normalized spacial score (nSPS) is 10.4. The minimum absolute atomic E-state index is 0.331. The summed E-state index contributed by atoms with van der Waals surface area (Å²) in [6.07, 6.45) is 0. The summed E-state index contributed by atoms with van der Waals surface area (Å²) in [5, 5.41) is 3.40. The van der Waals surface area contributed by atoms with Gasteiger partial charge in [-0.1, -0.05) is 46.3 Å². The minimum Gasteiger partial charge on any atom is -0.492 e. The molecular weight excluding hydrogens is 458 g/mol. The molecule has 0 aromatic heterocycles. The maximum absolute atomic E-state index is 12.0. The SMILES string of the molecule is CCOC(=O)c1ccc(NCc2cc(Br)ccc2OCc2ccccc2)c(OCC)c1. The molecule has 162 valence electrons. The van der Waals surface area contributed by atoms with E-state index < -0.39 is 0 Å². The van der Waals surface area contributed by atoms with Gasteiger partial charge < -0.3 is 19.5 Å². The lowest BCUT2D eigenvalue weighted by Crippen LogP contribution is -2.08. The highest BCUT2D eigenvalue weighted by molar-refractivity contribution is 9.10. The quantitative estimate of drug-likeness (QED) is 0.347. The number of anilines is 1. The van der Waals surface area contributed by atoms with Crippen molar-refractivity contribution in [2.45, 2.75) is 27.0 Å². The van der Waals surface area contributed by atoms with Gasteiger partial charge in [0.25, 0.3) is 0 Å². The van der Waals surface area contributed by atoms with Crippen LogP contribution in [0, 0.1) is 0 Å². The van der Waals surface area contributed by atoms with Crippen LogP contribution in [0.1, 0.15) is 35.3 Å². The number of ether oxygens (including phenoxy) is 3. The van der Waals surface area contributed by atoms with E-state index in [4.69, 9.17) is 14.2 Å². The summed E-state index contributed by atoms with van der Waals surface area (Å²) in [6.45, 7) is 5.54. The molecule has 3 aromatic rings. The number of esters is 1. The van der Waals surface area contributed by atoms with Gasteiger partial charge >= 0.3 is 5.97 Å². The van der Waals surface area contributed by atoms with Crippen LogP contribution in [0.25, 0.3) is 0 Å². The Balaban J connectivity index is 1.75. The molecule has 1 N–H and O–H groups in total. The third kappa shape index (κ3) is 6.49. The van der Waals surface area contributed by atoms with Crippen LogP contribution in [0.4, 0.5) is 5.69 Å². The fourth-order valence-corrected chi connectivity index (χ4v) is 3.45. The second-order valence-corrected chi connectivity index (χ2v) is 7.66. The fraction of sp³-hybridized carbons (Fsp3) is 0.240. The molecule has 0 aliphatic heterocycles. The van der Waals surface area contributed by atoms with Crippen LogP contribution >= 0.6 is 15.9 Å². The van der Waals surface area contributed by atoms with Gasteiger partial charge in [-0.05, 0) is 55.8 Å². The molecule has 5 nitrogen and oxygen atoms in total. The van der Waals surface area contributed by atoms with E-state index in [1.165, 1.54) is 0 Å². The molecule has 0 aliphatic carbocycles. The summed E-state index contributed by atoms with van der Waals surface area (Å²) in [6, 6.07) is 21.3. The van der Waals surface area contributed by atoms with Crippen molar-refractivity contribution in [3.05, 3.63) is 87.9 Å². The Labute approximate surface area is 191 Å². The molecule has 3 aromatic carbocycles. The zero-order valence-corrected chi connectivity index (χ0v) is 19.3. The lowest BCUT2D eigenvalue weighted by molar-refractivity contribution is 0.0526. The molecule has 3 rings (SSSR count). The van der Waals surface area contributed by atoms with Gasteiger partial charge in [0, 0.05) is 16.6 Å². The maximum Gasteiger partial charge on any atom is 0.338 e. The molecule has 0 saturated carbocycles. The van der Waals surface area contributed by atoms with E-state index in [0.717, 1.165) is 27.0 Å².